The largest absolute Gasteiger partial charge is 0.352 e. The van der Waals surface area contributed by atoms with Crippen LogP contribution in [0.3, 0.4) is 0 Å². The van der Waals surface area contributed by atoms with Crippen molar-refractivity contribution in [3.05, 3.63) is 70.5 Å². The molecule has 3 nitrogen and oxygen atoms in total. The summed E-state index contributed by atoms with van der Waals surface area (Å²) in [7, 11) is 0. The molecule has 1 fully saturated rings. The minimum atomic E-state index is -0.285. The van der Waals surface area contributed by atoms with Crippen LogP contribution in [0.4, 0.5) is 4.39 Å². The van der Waals surface area contributed by atoms with E-state index in [9.17, 15) is 9.18 Å². The number of carbonyl (C=O) groups excluding carboxylic acids is 1. The fourth-order valence-electron chi connectivity index (χ4n) is 3.25. The first-order chi connectivity index (χ1) is 12.1. The number of halogens is 2. The van der Waals surface area contributed by atoms with Crippen LogP contribution in [0.15, 0.2) is 48.5 Å². The van der Waals surface area contributed by atoms with Gasteiger partial charge in [0.2, 0.25) is 5.91 Å². The molecule has 1 atom stereocenters. The molecule has 2 aromatic rings. The van der Waals surface area contributed by atoms with Crippen molar-refractivity contribution in [3.8, 4) is 0 Å². The van der Waals surface area contributed by atoms with Crippen LogP contribution in [0.5, 0.6) is 0 Å². The van der Waals surface area contributed by atoms with Gasteiger partial charge in [0, 0.05) is 30.2 Å². The van der Waals surface area contributed by atoms with Crippen LogP contribution < -0.4 is 5.32 Å². The van der Waals surface area contributed by atoms with E-state index in [2.05, 4.69) is 10.2 Å². The van der Waals surface area contributed by atoms with Crippen molar-refractivity contribution in [1.29, 1.82) is 0 Å². The Hall–Kier alpha value is -1.91. The molecule has 1 heterocycles. The molecular weight excluding hydrogens is 339 g/mol. The molecule has 1 aliphatic rings. The number of hydrogen-bond donors (Lipinski definition) is 1. The number of amides is 1. The number of rotatable bonds is 5. The maximum Gasteiger partial charge on any atom is 0.224 e. The van der Waals surface area contributed by atoms with Gasteiger partial charge in [0.05, 0.1) is 5.92 Å². The average Bonchev–Trinajstić information content (AvgIpc) is 2.63. The minimum absolute atomic E-state index is 0.00730. The summed E-state index contributed by atoms with van der Waals surface area (Å²) in [4.78, 5) is 14.7. The zero-order valence-electron chi connectivity index (χ0n) is 14.1. The summed E-state index contributed by atoms with van der Waals surface area (Å²) in [6, 6.07) is 14.3. The Morgan fingerprint density at radius 2 is 1.88 bits per heavy atom. The van der Waals surface area contributed by atoms with E-state index in [0.29, 0.717) is 12.1 Å². The first-order valence-corrected chi connectivity index (χ1v) is 8.98. The molecule has 1 amide bonds. The molecule has 132 valence electrons. The normalized spacial score (nSPS) is 18.1. The lowest BCUT2D eigenvalue weighted by atomic mass is 9.96. The molecule has 0 saturated carbocycles. The molecule has 5 heteroatoms. The highest BCUT2D eigenvalue weighted by atomic mass is 35.5. The number of piperidine rings is 1. The first kappa shape index (κ1) is 17.9. The Morgan fingerprint density at radius 3 is 2.64 bits per heavy atom. The van der Waals surface area contributed by atoms with Gasteiger partial charge in [-0.05, 0) is 37.1 Å². The van der Waals surface area contributed by atoms with Gasteiger partial charge < -0.3 is 5.32 Å². The van der Waals surface area contributed by atoms with E-state index in [1.807, 2.05) is 24.3 Å². The zero-order chi connectivity index (χ0) is 17.6. The van der Waals surface area contributed by atoms with Crippen LogP contribution in [0.25, 0.3) is 0 Å². The predicted molar refractivity (Wildman–Crippen MR) is 97.7 cm³/mol. The summed E-state index contributed by atoms with van der Waals surface area (Å²) < 4.78 is 13.7. The van der Waals surface area contributed by atoms with Gasteiger partial charge in [-0.1, -0.05) is 48.0 Å². The molecule has 1 unspecified atom stereocenters. The summed E-state index contributed by atoms with van der Waals surface area (Å²) in [6.45, 7) is 2.64. The van der Waals surface area contributed by atoms with E-state index in [1.165, 1.54) is 6.07 Å². The molecule has 2 aromatic carbocycles. The van der Waals surface area contributed by atoms with Gasteiger partial charge in [-0.25, -0.2) is 4.39 Å². The van der Waals surface area contributed by atoms with Crippen LogP contribution in [-0.4, -0.2) is 23.9 Å². The van der Waals surface area contributed by atoms with Gasteiger partial charge in [-0.3, -0.25) is 9.69 Å². The van der Waals surface area contributed by atoms with Gasteiger partial charge in [0.1, 0.15) is 5.82 Å². The van der Waals surface area contributed by atoms with Crippen molar-refractivity contribution >= 4 is 17.5 Å². The molecule has 0 radical (unpaired) electrons. The fraction of sp³-hybridized carbons (Fsp3) is 0.350. The van der Waals surface area contributed by atoms with Crippen molar-refractivity contribution in [3.63, 3.8) is 0 Å². The monoisotopic (exact) mass is 360 g/mol. The quantitative estimate of drug-likeness (QED) is 0.873. The van der Waals surface area contributed by atoms with Gasteiger partial charge >= 0.3 is 0 Å². The van der Waals surface area contributed by atoms with Crippen molar-refractivity contribution in [2.45, 2.75) is 25.9 Å². The SMILES string of the molecule is O=C(NCc1ccccc1F)C1CCCN(Cc2ccccc2Cl)C1. The number of likely N-dealkylation sites (tertiary alicyclic amines) is 1. The van der Waals surface area contributed by atoms with Crippen molar-refractivity contribution in [1.82, 2.24) is 10.2 Å². The van der Waals surface area contributed by atoms with Gasteiger partial charge in [0.15, 0.2) is 0 Å². The van der Waals surface area contributed by atoms with Crippen LogP contribution in [0.1, 0.15) is 24.0 Å². The second-order valence-electron chi connectivity index (χ2n) is 6.47. The van der Waals surface area contributed by atoms with Crippen molar-refractivity contribution in [2.24, 2.45) is 5.92 Å². The Bertz CT molecular complexity index is 737. The summed E-state index contributed by atoms with van der Waals surface area (Å²) in [5.41, 5.74) is 1.59. The molecule has 25 heavy (non-hydrogen) atoms. The third-order valence-corrected chi connectivity index (χ3v) is 5.01. The molecular formula is C20H22ClFN2O. The number of nitrogens with zero attached hydrogens (tertiary/aromatic N) is 1. The smallest absolute Gasteiger partial charge is 0.224 e. The summed E-state index contributed by atoms with van der Waals surface area (Å²) in [6.07, 6.45) is 1.84. The van der Waals surface area contributed by atoms with E-state index in [-0.39, 0.29) is 24.2 Å². The van der Waals surface area contributed by atoms with Crippen LogP contribution in [-0.2, 0) is 17.9 Å². The van der Waals surface area contributed by atoms with Crippen LogP contribution in [0.2, 0.25) is 5.02 Å². The Kier molecular flexibility index (Phi) is 6.05. The topological polar surface area (TPSA) is 32.3 Å². The maximum absolute atomic E-state index is 13.7. The zero-order valence-corrected chi connectivity index (χ0v) is 14.8. The lowest BCUT2D eigenvalue weighted by Crippen LogP contribution is -2.42. The Balaban J connectivity index is 1.55. The predicted octanol–water partition coefficient (Wildman–Crippen LogP) is 4.01. The van der Waals surface area contributed by atoms with E-state index < -0.39 is 0 Å². The summed E-state index contributed by atoms with van der Waals surface area (Å²) in [5, 5.41) is 3.63. The fourth-order valence-corrected chi connectivity index (χ4v) is 3.44. The highest BCUT2D eigenvalue weighted by molar-refractivity contribution is 6.31. The van der Waals surface area contributed by atoms with Crippen molar-refractivity contribution in [2.75, 3.05) is 13.1 Å². The van der Waals surface area contributed by atoms with E-state index in [4.69, 9.17) is 11.6 Å². The Labute approximate surface area is 152 Å². The average molecular weight is 361 g/mol. The third kappa shape index (κ3) is 4.80. The second kappa shape index (κ2) is 8.45. The number of hydrogen-bond acceptors (Lipinski definition) is 2. The summed E-state index contributed by atoms with van der Waals surface area (Å²) >= 11 is 6.23. The summed E-state index contributed by atoms with van der Waals surface area (Å²) in [5.74, 6) is -0.359. The molecule has 0 bridgehead atoms. The molecule has 1 N–H and O–H groups in total. The molecule has 1 saturated heterocycles. The molecule has 0 aromatic heterocycles. The Morgan fingerprint density at radius 1 is 1.16 bits per heavy atom. The second-order valence-corrected chi connectivity index (χ2v) is 6.88. The number of benzene rings is 2. The molecule has 0 aliphatic carbocycles. The molecule has 3 rings (SSSR count). The maximum atomic E-state index is 13.7. The lowest BCUT2D eigenvalue weighted by Gasteiger charge is -2.32. The first-order valence-electron chi connectivity index (χ1n) is 8.60. The van der Waals surface area contributed by atoms with Crippen LogP contribution in [0, 0.1) is 11.7 Å². The lowest BCUT2D eigenvalue weighted by molar-refractivity contribution is -0.126. The molecule has 0 spiro atoms. The third-order valence-electron chi connectivity index (χ3n) is 4.64. The highest BCUT2D eigenvalue weighted by Crippen LogP contribution is 2.22. The van der Waals surface area contributed by atoms with Crippen molar-refractivity contribution < 1.29 is 9.18 Å². The van der Waals surface area contributed by atoms with Crippen LogP contribution >= 0.6 is 11.6 Å². The van der Waals surface area contributed by atoms with E-state index in [0.717, 1.165) is 36.5 Å². The minimum Gasteiger partial charge on any atom is -0.352 e. The van der Waals surface area contributed by atoms with Gasteiger partial charge in [0.25, 0.3) is 0 Å². The van der Waals surface area contributed by atoms with E-state index in [1.54, 1.807) is 18.2 Å². The van der Waals surface area contributed by atoms with Gasteiger partial charge in [-0.15, -0.1) is 0 Å². The van der Waals surface area contributed by atoms with Gasteiger partial charge in [-0.2, -0.15) is 0 Å². The number of nitrogens with one attached hydrogen (secondary N) is 1. The standard InChI is InChI=1S/C20H22ClFN2O/c21-18-9-3-1-7-16(18)13-24-11-5-8-17(14-24)20(25)23-12-15-6-2-4-10-19(15)22/h1-4,6-7,9-10,17H,5,8,11-14H2,(H,23,25). The van der Waals surface area contributed by atoms with E-state index >= 15 is 0 Å². The number of carbonyl (C=O) groups is 1. The molecule has 1 aliphatic heterocycles. The highest BCUT2D eigenvalue weighted by Gasteiger charge is 2.26.